The fourth-order valence-corrected chi connectivity index (χ4v) is 2.35. The number of ether oxygens (including phenoxy) is 1. The Labute approximate surface area is 102 Å². The summed E-state index contributed by atoms with van der Waals surface area (Å²) < 4.78 is 4.96. The molecule has 3 nitrogen and oxygen atoms in total. The summed E-state index contributed by atoms with van der Waals surface area (Å²) in [7, 11) is 0. The number of hydrogen-bond acceptors (Lipinski definition) is 4. The molecule has 1 aliphatic rings. The molecular formula is C12H19NO2S. The average Bonchev–Trinajstić information content (AvgIpc) is 2.23. The Kier molecular flexibility index (Phi) is 4.93. The predicted octanol–water partition coefficient (Wildman–Crippen LogP) is 2.40. The van der Waals surface area contributed by atoms with E-state index in [0.29, 0.717) is 13.2 Å². The van der Waals surface area contributed by atoms with Gasteiger partial charge in [0.15, 0.2) is 0 Å². The minimum Gasteiger partial charge on any atom is -0.465 e. The van der Waals surface area contributed by atoms with Crippen LogP contribution in [0.5, 0.6) is 0 Å². The summed E-state index contributed by atoms with van der Waals surface area (Å²) in [6.07, 6.45) is 6.32. The Balaban J connectivity index is 2.66. The topological polar surface area (TPSA) is 29.5 Å². The highest BCUT2D eigenvalue weighted by Gasteiger charge is 2.20. The van der Waals surface area contributed by atoms with E-state index < -0.39 is 0 Å². The van der Waals surface area contributed by atoms with Gasteiger partial charge in [-0.1, -0.05) is 0 Å². The predicted molar refractivity (Wildman–Crippen MR) is 68.2 cm³/mol. The highest BCUT2D eigenvalue weighted by atomic mass is 32.2. The molecule has 90 valence electrons. The van der Waals surface area contributed by atoms with Crippen molar-refractivity contribution in [3.05, 3.63) is 22.8 Å². The Hall–Kier alpha value is -0.900. The molecule has 0 aliphatic carbocycles. The van der Waals surface area contributed by atoms with Gasteiger partial charge in [0.05, 0.1) is 6.61 Å². The zero-order valence-corrected chi connectivity index (χ0v) is 11.1. The average molecular weight is 241 g/mol. The SMILES string of the molecule is CCOC(=O)CN1C(C)=CC(SC)=CC1C. The van der Waals surface area contributed by atoms with Gasteiger partial charge in [0.25, 0.3) is 0 Å². The van der Waals surface area contributed by atoms with Crippen LogP contribution in [0.15, 0.2) is 22.8 Å². The molecule has 1 unspecified atom stereocenters. The number of hydrogen-bond donors (Lipinski definition) is 0. The molecule has 0 N–H and O–H groups in total. The van der Waals surface area contributed by atoms with Gasteiger partial charge in [-0.25, -0.2) is 0 Å². The van der Waals surface area contributed by atoms with Crippen LogP contribution in [-0.4, -0.2) is 36.3 Å². The Morgan fingerprint density at radius 1 is 1.62 bits per heavy atom. The lowest BCUT2D eigenvalue weighted by Gasteiger charge is -2.32. The zero-order chi connectivity index (χ0) is 12.1. The number of allylic oxidation sites excluding steroid dienone is 2. The molecule has 0 fully saturated rings. The van der Waals surface area contributed by atoms with Gasteiger partial charge in [0.1, 0.15) is 6.54 Å². The van der Waals surface area contributed by atoms with Gasteiger partial charge >= 0.3 is 5.97 Å². The molecule has 0 bridgehead atoms. The van der Waals surface area contributed by atoms with E-state index in [-0.39, 0.29) is 12.0 Å². The fourth-order valence-electron chi connectivity index (χ4n) is 1.73. The summed E-state index contributed by atoms with van der Waals surface area (Å²) in [5.41, 5.74) is 1.12. The van der Waals surface area contributed by atoms with Crippen molar-refractivity contribution in [2.75, 3.05) is 19.4 Å². The van der Waals surface area contributed by atoms with Gasteiger partial charge < -0.3 is 9.64 Å². The maximum Gasteiger partial charge on any atom is 0.325 e. The van der Waals surface area contributed by atoms with Crippen LogP contribution in [0.1, 0.15) is 20.8 Å². The Morgan fingerprint density at radius 3 is 2.81 bits per heavy atom. The molecule has 0 saturated carbocycles. The van der Waals surface area contributed by atoms with Crippen LogP contribution in [0.3, 0.4) is 0 Å². The largest absolute Gasteiger partial charge is 0.465 e. The van der Waals surface area contributed by atoms with E-state index in [9.17, 15) is 4.79 Å². The molecule has 0 spiro atoms. The smallest absolute Gasteiger partial charge is 0.325 e. The molecule has 0 aromatic carbocycles. The second-order valence-corrected chi connectivity index (χ2v) is 4.61. The van der Waals surface area contributed by atoms with Crippen molar-refractivity contribution in [3.8, 4) is 0 Å². The quantitative estimate of drug-likeness (QED) is 0.707. The summed E-state index contributed by atoms with van der Waals surface area (Å²) in [6.45, 7) is 6.71. The molecule has 1 atom stereocenters. The number of carbonyl (C=O) groups excluding carboxylic acids is 1. The summed E-state index contributed by atoms with van der Waals surface area (Å²) in [4.78, 5) is 14.7. The second-order valence-electron chi connectivity index (χ2n) is 3.73. The van der Waals surface area contributed by atoms with E-state index >= 15 is 0 Å². The van der Waals surface area contributed by atoms with E-state index in [4.69, 9.17) is 4.74 Å². The lowest BCUT2D eigenvalue weighted by atomic mass is 10.1. The third-order valence-corrected chi connectivity index (χ3v) is 3.27. The van der Waals surface area contributed by atoms with Crippen LogP contribution in [0.4, 0.5) is 0 Å². The van der Waals surface area contributed by atoms with Crippen molar-refractivity contribution >= 4 is 17.7 Å². The lowest BCUT2D eigenvalue weighted by Crippen LogP contribution is -2.37. The summed E-state index contributed by atoms with van der Waals surface area (Å²) in [5, 5.41) is 0. The van der Waals surface area contributed by atoms with Gasteiger partial charge in [-0.2, -0.15) is 0 Å². The van der Waals surface area contributed by atoms with Crippen LogP contribution in [0.2, 0.25) is 0 Å². The number of esters is 1. The van der Waals surface area contributed by atoms with Gasteiger partial charge in [-0.15, -0.1) is 11.8 Å². The molecule has 0 saturated heterocycles. The standard InChI is InChI=1S/C12H19NO2S/c1-5-15-12(14)8-13-9(2)6-11(16-4)7-10(13)3/h6-7,9H,5,8H2,1-4H3. The molecule has 0 aromatic heterocycles. The summed E-state index contributed by atoms with van der Waals surface area (Å²) in [5.74, 6) is -0.164. The monoisotopic (exact) mass is 241 g/mol. The maximum absolute atomic E-state index is 11.4. The van der Waals surface area contributed by atoms with E-state index in [1.165, 1.54) is 4.91 Å². The van der Waals surface area contributed by atoms with E-state index in [0.717, 1.165) is 5.70 Å². The highest BCUT2D eigenvalue weighted by Crippen LogP contribution is 2.25. The molecule has 1 rings (SSSR count). The normalized spacial score (nSPS) is 20.2. The minimum atomic E-state index is -0.164. The molecule has 0 radical (unpaired) electrons. The van der Waals surface area contributed by atoms with Crippen molar-refractivity contribution in [1.82, 2.24) is 4.90 Å². The molecule has 4 heteroatoms. The number of nitrogens with zero attached hydrogens (tertiary/aromatic N) is 1. The first kappa shape index (κ1) is 13.2. The molecule has 1 heterocycles. The first-order valence-corrected chi connectivity index (χ1v) is 6.67. The molecule has 1 aliphatic heterocycles. The first-order chi connectivity index (χ1) is 7.58. The van der Waals surface area contributed by atoms with Crippen LogP contribution in [0.25, 0.3) is 0 Å². The second kappa shape index (κ2) is 5.99. The van der Waals surface area contributed by atoms with Gasteiger partial charge in [0.2, 0.25) is 0 Å². The molecule has 16 heavy (non-hydrogen) atoms. The van der Waals surface area contributed by atoms with Gasteiger partial charge in [0, 0.05) is 16.6 Å². The van der Waals surface area contributed by atoms with Gasteiger partial charge in [-0.3, -0.25) is 4.79 Å². The van der Waals surface area contributed by atoms with Crippen molar-refractivity contribution in [3.63, 3.8) is 0 Å². The molecule has 0 amide bonds. The van der Waals surface area contributed by atoms with Crippen LogP contribution in [0, 0.1) is 0 Å². The lowest BCUT2D eigenvalue weighted by molar-refractivity contribution is -0.144. The van der Waals surface area contributed by atoms with Crippen molar-refractivity contribution in [2.24, 2.45) is 0 Å². The van der Waals surface area contributed by atoms with Crippen LogP contribution >= 0.6 is 11.8 Å². The maximum atomic E-state index is 11.4. The minimum absolute atomic E-state index is 0.164. The van der Waals surface area contributed by atoms with Crippen molar-refractivity contribution in [1.29, 1.82) is 0 Å². The Bertz CT molecular complexity index is 323. The number of thioether (sulfide) groups is 1. The van der Waals surface area contributed by atoms with Crippen molar-refractivity contribution < 1.29 is 9.53 Å². The van der Waals surface area contributed by atoms with E-state index in [1.54, 1.807) is 11.8 Å². The van der Waals surface area contributed by atoms with E-state index in [1.807, 2.05) is 13.8 Å². The van der Waals surface area contributed by atoms with Crippen LogP contribution in [-0.2, 0) is 9.53 Å². The summed E-state index contributed by atoms with van der Waals surface area (Å²) >= 11 is 1.73. The van der Waals surface area contributed by atoms with Crippen molar-refractivity contribution in [2.45, 2.75) is 26.8 Å². The highest BCUT2D eigenvalue weighted by molar-refractivity contribution is 8.02. The van der Waals surface area contributed by atoms with Crippen LogP contribution < -0.4 is 0 Å². The fraction of sp³-hybridized carbons (Fsp3) is 0.583. The number of rotatable bonds is 4. The summed E-state index contributed by atoms with van der Waals surface area (Å²) in [6, 6.07) is 0.247. The first-order valence-electron chi connectivity index (χ1n) is 5.44. The third-order valence-electron chi connectivity index (χ3n) is 2.54. The molecular weight excluding hydrogens is 222 g/mol. The zero-order valence-electron chi connectivity index (χ0n) is 10.3. The molecule has 0 aromatic rings. The third kappa shape index (κ3) is 3.30. The number of carbonyl (C=O) groups is 1. The van der Waals surface area contributed by atoms with E-state index in [2.05, 4.69) is 30.2 Å². The Morgan fingerprint density at radius 2 is 2.31 bits per heavy atom. The van der Waals surface area contributed by atoms with Gasteiger partial charge in [-0.05, 0) is 39.2 Å².